The maximum atomic E-state index is 10.1. The zero-order valence-corrected chi connectivity index (χ0v) is 12.0. The Morgan fingerprint density at radius 1 is 1.33 bits per heavy atom. The van der Waals surface area contributed by atoms with Gasteiger partial charge in [-0.15, -0.1) is 0 Å². The van der Waals surface area contributed by atoms with Gasteiger partial charge in [-0.1, -0.05) is 31.5 Å². The number of rotatable bonds is 5. The summed E-state index contributed by atoms with van der Waals surface area (Å²) in [5.74, 6) is 0.606. The van der Waals surface area contributed by atoms with Crippen molar-refractivity contribution >= 4 is 11.6 Å². The van der Waals surface area contributed by atoms with Gasteiger partial charge in [0, 0.05) is 0 Å². The van der Waals surface area contributed by atoms with Crippen molar-refractivity contribution in [3.05, 3.63) is 28.8 Å². The molecule has 2 N–H and O–H groups in total. The van der Waals surface area contributed by atoms with Gasteiger partial charge in [-0.2, -0.15) is 0 Å². The van der Waals surface area contributed by atoms with Crippen LogP contribution in [0.3, 0.4) is 0 Å². The van der Waals surface area contributed by atoms with Crippen LogP contribution in [0.5, 0.6) is 5.75 Å². The van der Waals surface area contributed by atoms with Gasteiger partial charge in [0.25, 0.3) is 0 Å². The Hall–Kier alpha value is -0.770. The molecule has 0 saturated heterocycles. The molecule has 0 aliphatic heterocycles. The minimum Gasteiger partial charge on any atom is -0.489 e. The maximum Gasteiger partial charge on any atom is 0.138 e. The van der Waals surface area contributed by atoms with E-state index in [1.807, 2.05) is 13.8 Å². The molecule has 1 aromatic rings. The second-order valence-electron chi connectivity index (χ2n) is 5.17. The molecular weight excluding hydrogens is 252 g/mol. The summed E-state index contributed by atoms with van der Waals surface area (Å²) in [4.78, 5) is 0. The van der Waals surface area contributed by atoms with Gasteiger partial charge >= 0.3 is 0 Å². The summed E-state index contributed by atoms with van der Waals surface area (Å²) in [7, 11) is 0. The quantitative estimate of drug-likeness (QED) is 0.866. The number of benzene rings is 1. The van der Waals surface area contributed by atoms with Crippen molar-refractivity contribution in [2.45, 2.75) is 39.4 Å². The number of aliphatic hydroxyl groups excluding tert-OH is 1. The van der Waals surface area contributed by atoms with E-state index in [1.54, 1.807) is 32.0 Å². The molecule has 0 bridgehead atoms. The predicted octanol–water partition coefficient (Wildman–Crippen LogP) is 3.18. The molecule has 0 heterocycles. The molecule has 0 fully saturated rings. The highest BCUT2D eigenvalue weighted by atomic mass is 35.5. The zero-order chi connectivity index (χ0) is 13.9. The van der Waals surface area contributed by atoms with Crippen LogP contribution in [0.4, 0.5) is 0 Å². The Bertz CT molecular complexity index is 400. The third-order valence-electron chi connectivity index (χ3n) is 3.20. The van der Waals surface area contributed by atoms with E-state index in [-0.39, 0.29) is 12.5 Å². The lowest BCUT2D eigenvalue weighted by atomic mass is 9.94. The van der Waals surface area contributed by atoms with Gasteiger partial charge < -0.3 is 14.9 Å². The van der Waals surface area contributed by atoms with Crippen LogP contribution in [0.25, 0.3) is 0 Å². The van der Waals surface area contributed by atoms with Gasteiger partial charge in [-0.05, 0) is 37.5 Å². The normalized spacial score (nSPS) is 16.4. The topological polar surface area (TPSA) is 49.7 Å². The van der Waals surface area contributed by atoms with Gasteiger partial charge in [-0.3, -0.25) is 0 Å². The fraction of sp³-hybridized carbons (Fsp3) is 0.571. The van der Waals surface area contributed by atoms with Gasteiger partial charge in [0.15, 0.2) is 0 Å². The lowest BCUT2D eigenvalue weighted by Gasteiger charge is -2.27. The fourth-order valence-corrected chi connectivity index (χ4v) is 1.53. The molecule has 0 aromatic heterocycles. The van der Waals surface area contributed by atoms with Crippen molar-refractivity contribution in [2.24, 2.45) is 5.92 Å². The van der Waals surface area contributed by atoms with E-state index in [0.29, 0.717) is 10.8 Å². The fourth-order valence-electron chi connectivity index (χ4n) is 1.28. The van der Waals surface area contributed by atoms with Crippen LogP contribution in [-0.2, 0) is 0 Å². The molecule has 0 saturated carbocycles. The number of hydrogen-bond donors (Lipinski definition) is 2. The molecule has 3 nitrogen and oxygen atoms in total. The number of halogens is 1. The molecule has 0 aliphatic rings. The van der Waals surface area contributed by atoms with E-state index in [0.717, 1.165) is 5.56 Å². The highest BCUT2D eigenvalue weighted by Crippen LogP contribution is 2.29. The number of ether oxygens (including phenoxy) is 1. The first-order valence-electron chi connectivity index (χ1n) is 6.06. The minimum absolute atomic E-state index is 0.0908. The van der Waals surface area contributed by atoms with Crippen LogP contribution in [0.2, 0.25) is 5.02 Å². The van der Waals surface area contributed by atoms with Crippen molar-refractivity contribution in [1.29, 1.82) is 0 Å². The Kier molecular flexibility index (Phi) is 5.02. The Balaban J connectivity index is 2.75. The molecule has 102 valence electrons. The van der Waals surface area contributed by atoms with E-state index in [2.05, 4.69) is 0 Å². The average molecular weight is 273 g/mol. The summed E-state index contributed by atoms with van der Waals surface area (Å²) in [6.45, 7) is 7.45. The zero-order valence-electron chi connectivity index (χ0n) is 11.3. The summed E-state index contributed by atoms with van der Waals surface area (Å²) in [6.07, 6.45) is -0.560. The Morgan fingerprint density at radius 3 is 2.39 bits per heavy atom. The van der Waals surface area contributed by atoms with Gasteiger partial charge in [0.1, 0.15) is 12.4 Å². The summed E-state index contributed by atoms with van der Waals surface area (Å²) in [5, 5.41) is 19.9. The van der Waals surface area contributed by atoms with Crippen LogP contribution in [0.1, 0.15) is 39.4 Å². The Morgan fingerprint density at radius 2 is 1.94 bits per heavy atom. The molecule has 1 rings (SSSR count). The molecule has 1 aromatic carbocycles. The van der Waals surface area contributed by atoms with Crippen LogP contribution in [0.15, 0.2) is 18.2 Å². The standard InChI is InChI=1S/C14H21ClO3/c1-9(2)14(4,17)8-18-13-6-5-11(10(3)16)7-12(13)15/h5-7,9-10,16-17H,8H2,1-4H3/t10-,14?/m0/s1. The van der Waals surface area contributed by atoms with E-state index in [9.17, 15) is 10.2 Å². The highest BCUT2D eigenvalue weighted by Gasteiger charge is 2.26. The average Bonchev–Trinajstić information content (AvgIpc) is 2.26. The second-order valence-corrected chi connectivity index (χ2v) is 5.57. The third-order valence-corrected chi connectivity index (χ3v) is 3.50. The van der Waals surface area contributed by atoms with Gasteiger partial charge in [0.2, 0.25) is 0 Å². The Labute approximate surface area is 113 Å². The molecule has 0 spiro atoms. The van der Waals surface area contributed by atoms with Crippen molar-refractivity contribution in [3.63, 3.8) is 0 Å². The first-order valence-corrected chi connectivity index (χ1v) is 6.44. The third kappa shape index (κ3) is 3.87. The van der Waals surface area contributed by atoms with Crippen LogP contribution in [0, 0.1) is 5.92 Å². The predicted molar refractivity (Wildman–Crippen MR) is 73.0 cm³/mol. The summed E-state index contributed by atoms with van der Waals surface area (Å²) in [5.41, 5.74) is -0.158. The minimum atomic E-state index is -0.897. The van der Waals surface area contributed by atoms with Crippen molar-refractivity contribution in [1.82, 2.24) is 0 Å². The molecule has 1 unspecified atom stereocenters. The first-order chi connectivity index (χ1) is 8.24. The van der Waals surface area contributed by atoms with E-state index >= 15 is 0 Å². The van der Waals surface area contributed by atoms with Gasteiger partial charge in [-0.25, -0.2) is 0 Å². The monoisotopic (exact) mass is 272 g/mol. The summed E-state index contributed by atoms with van der Waals surface area (Å²) in [6, 6.07) is 5.14. The number of aliphatic hydroxyl groups is 2. The van der Waals surface area contributed by atoms with E-state index in [4.69, 9.17) is 16.3 Å². The van der Waals surface area contributed by atoms with Crippen LogP contribution >= 0.6 is 11.6 Å². The molecular formula is C14H21ClO3. The summed E-state index contributed by atoms with van der Waals surface area (Å²) >= 11 is 6.06. The van der Waals surface area contributed by atoms with Gasteiger partial charge in [0.05, 0.1) is 16.7 Å². The molecule has 0 aliphatic carbocycles. The summed E-state index contributed by atoms with van der Waals surface area (Å²) < 4.78 is 5.53. The van der Waals surface area contributed by atoms with E-state index < -0.39 is 11.7 Å². The molecule has 0 radical (unpaired) electrons. The van der Waals surface area contributed by atoms with Crippen LogP contribution < -0.4 is 4.74 Å². The SMILES string of the molecule is CC(C)C(C)(O)COc1ccc([C@H](C)O)cc1Cl. The molecule has 4 heteroatoms. The lowest BCUT2D eigenvalue weighted by molar-refractivity contribution is -0.0266. The molecule has 0 amide bonds. The lowest BCUT2D eigenvalue weighted by Crippen LogP contribution is -2.37. The van der Waals surface area contributed by atoms with Crippen molar-refractivity contribution in [3.8, 4) is 5.75 Å². The second kappa shape index (κ2) is 5.91. The molecule has 18 heavy (non-hydrogen) atoms. The molecule has 2 atom stereocenters. The smallest absolute Gasteiger partial charge is 0.138 e. The van der Waals surface area contributed by atoms with E-state index in [1.165, 1.54) is 0 Å². The van der Waals surface area contributed by atoms with Crippen LogP contribution in [-0.4, -0.2) is 22.4 Å². The van der Waals surface area contributed by atoms with Crippen molar-refractivity contribution < 1.29 is 14.9 Å². The maximum absolute atomic E-state index is 10.1. The number of hydrogen-bond acceptors (Lipinski definition) is 3. The highest BCUT2D eigenvalue weighted by molar-refractivity contribution is 6.32. The largest absolute Gasteiger partial charge is 0.489 e. The first kappa shape index (κ1) is 15.3. The van der Waals surface area contributed by atoms with Crippen molar-refractivity contribution in [2.75, 3.05) is 6.61 Å².